The smallest absolute Gasteiger partial charge is 0.399 e. The molecule has 7 nitrogen and oxygen atoms in total. The second-order valence-corrected chi connectivity index (χ2v) is 6.94. The third-order valence-corrected chi connectivity index (χ3v) is 5.16. The number of halogens is 5. The monoisotopic (exact) mass is 444 g/mol. The number of carbonyl (C=O) groups excluding carboxylic acids is 1. The van der Waals surface area contributed by atoms with E-state index in [1.165, 1.54) is 11.0 Å². The first kappa shape index (κ1) is 21.8. The second-order valence-electron chi connectivity index (χ2n) is 6.56. The van der Waals surface area contributed by atoms with Crippen LogP contribution in [0.5, 0.6) is 0 Å². The second kappa shape index (κ2) is 8.07. The fourth-order valence-electron chi connectivity index (χ4n) is 3.13. The maximum atomic E-state index is 13.1. The van der Waals surface area contributed by atoms with Crippen molar-refractivity contribution in [3.63, 3.8) is 0 Å². The summed E-state index contributed by atoms with van der Waals surface area (Å²) in [5.74, 6) is 4.67. The molecule has 1 atom stereocenters. The Morgan fingerprint density at radius 3 is 2.53 bits per heavy atom. The SMILES string of the molecule is CC1C(N)=C(N(N)c2ncc(F)cn2)CCN1C(=O)c1cccc(C(F)(F)F)c1Cl. The van der Waals surface area contributed by atoms with E-state index >= 15 is 0 Å². The maximum absolute atomic E-state index is 13.1. The van der Waals surface area contributed by atoms with Gasteiger partial charge in [-0.05, 0) is 19.1 Å². The van der Waals surface area contributed by atoms with Gasteiger partial charge in [0.2, 0.25) is 5.95 Å². The fourth-order valence-corrected chi connectivity index (χ4v) is 3.45. The van der Waals surface area contributed by atoms with Gasteiger partial charge in [-0.2, -0.15) is 13.2 Å². The molecule has 1 aromatic heterocycles. The van der Waals surface area contributed by atoms with Crippen LogP contribution in [0.2, 0.25) is 5.02 Å². The van der Waals surface area contributed by atoms with Gasteiger partial charge in [0.25, 0.3) is 5.91 Å². The number of rotatable bonds is 3. The zero-order chi connectivity index (χ0) is 22.2. The summed E-state index contributed by atoms with van der Waals surface area (Å²) in [5.41, 5.74) is 5.40. The van der Waals surface area contributed by atoms with Gasteiger partial charge in [-0.15, -0.1) is 0 Å². The van der Waals surface area contributed by atoms with Gasteiger partial charge in [-0.25, -0.2) is 25.2 Å². The first-order valence-corrected chi connectivity index (χ1v) is 9.07. The molecular weight excluding hydrogens is 428 g/mol. The zero-order valence-electron chi connectivity index (χ0n) is 15.6. The van der Waals surface area contributed by atoms with Gasteiger partial charge in [0.15, 0.2) is 5.82 Å². The van der Waals surface area contributed by atoms with Gasteiger partial charge >= 0.3 is 6.18 Å². The van der Waals surface area contributed by atoms with Gasteiger partial charge in [0, 0.05) is 13.0 Å². The van der Waals surface area contributed by atoms with E-state index in [0.29, 0.717) is 5.70 Å². The van der Waals surface area contributed by atoms with Crippen LogP contribution >= 0.6 is 11.6 Å². The highest BCUT2D eigenvalue weighted by Gasteiger charge is 2.37. The van der Waals surface area contributed by atoms with E-state index in [0.717, 1.165) is 29.5 Å². The van der Waals surface area contributed by atoms with Crippen molar-refractivity contribution in [2.75, 3.05) is 11.6 Å². The number of hydrogen-bond acceptors (Lipinski definition) is 6. The predicted octanol–water partition coefficient (Wildman–Crippen LogP) is 3.07. The van der Waals surface area contributed by atoms with Gasteiger partial charge < -0.3 is 10.6 Å². The van der Waals surface area contributed by atoms with Crippen molar-refractivity contribution in [2.45, 2.75) is 25.6 Å². The Bertz CT molecular complexity index is 995. The van der Waals surface area contributed by atoms with E-state index in [-0.39, 0.29) is 30.2 Å². The third kappa shape index (κ3) is 4.03. The summed E-state index contributed by atoms with van der Waals surface area (Å²) >= 11 is 5.88. The van der Waals surface area contributed by atoms with Crippen molar-refractivity contribution in [2.24, 2.45) is 11.6 Å². The topological polar surface area (TPSA) is 101 Å². The number of alkyl halides is 3. The number of nitrogens with zero attached hydrogens (tertiary/aromatic N) is 4. The first-order valence-electron chi connectivity index (χ1n) is 8.70. The van der Waals surface area contributed by atoms with E-state index in [2.05, 4.69) is 9.97 Å². The van der Waals surface area contributed by atoms with Gasteiger partial charge in [-0.1, -0.05) is 17.7 Å². The maximum Gasteiger partial charge on any atom is 0.417 e. The number of hydrazine groups is 1. The molecule has 4 N–H and O–H groups in total. The van der Waals surface area contributed by atoms with Gasteiger partial charge in [-0.3, -0.25) is 4.79 Å². The molecule has 2 heterocycles. The molecule has 0 fully saturated rings. The largest absolute Gasteiger partial charge is 0.417 e. The molecular formula is C18H17ClF4N6O. The van der Waals surface area contributed by atoms with Crippen molar-refractivity contribution in [1.29, 1.82) is 0 Å². The molecule has 1 unspecified atom stereocenters. The Hall–Kier alpha value is -2.92. The zero-order valence-corrected chi connectivity index (χ0v) is 16.4. The molecule has 2 aromatic rings. The first-order chi connectivity index (χ1) is 14.0. The number of nitrogens with two attached hydrogens (primary N) is 2. The van der Waals surface area contributed by atoms with Gasteiger partial charge in [0.1, 0.15) is 0 Å². The van der Waals surface area contributed by atoms with Crippen molar-refractivity contribution < 1.29 is 22.4 Å². The van der Waals surface area contributed by atoms with Crippen molar-refractivity contribution in [3.05, 3.63) is 64.0 Å². The molecule has 1 amide bonds. The Balaban J connectivity index is 1.89. The molecule has 1 aromatic carbocycles. The van der Waals surface area contributed by atoms with Crippen LogP contribution in [0.3, 0.4) is 0 Å². The number of benzene rings is 1. The quantitative estimate of drug-likeness (QED) is 0.428. The lowest BCUT2D eigenvalue weighted by Crippen LogP contribution is -2.49. The van der Waals surface area contributed by atoms with Gasteiger partial charge in [0.05, 0.1) is 46.0 Å². The third-order valence-electron chi connectivity index (χ3n) is 4.75. The number of hydrogen-bond donors (Lipinski definition) is 2. The summed E-state index contributed by atoms with van der Waals surface area (Å²) in [4.78, 5) is 21.8. The molecule has 12 heteroatoms. The molecule has 0 bridgehead atoms. The number of aromatic nitrogens is 2. The summed E-state index contributed by atoms with van der Waals surface area (Å²) < 4.78 is 52.3. The van der Waals surface area contributed by atoms with E-state index in [9.17, 15) is 22.4 Å². The average molecular weight is 445 g/mol. The van der Waals surface area contributed by atoms with E-state index < -0.39 is 34.5 Å². The van der Waals surface area contributed by atoms with Crippen molar-refractivity contribution >= 4 is 23.5 Å². The normalized spacial score (nSPS) is 17.3. The molecule has 0 spiro atoms. The summed E-state index contributed by atoms with van der Waals surface area (Å²) in [7, 11) is 0. The van der Waals surface area contributed by atoms with Crippen LogP contribution in [0.15, 0.2) is 42.0 Å². The number of anilines is 1. The summed E-state index contributed by atoms with van der Waals surface area (Å²) in [6.07, 6.45) is -2.63. The highest BCUT2D eigenvalue weighted by atomic mass is 35.5. The molecule has 0 radical (unpaired) electrons. The minimum Gasteiger partial charge on any atom is -0.399 e. The molecule has 0 saturated carbocycles. The molecule has 30 heavy (non-hydrogen) atoms. The summed E-state index contributed by atoms with van der Waals surface area (Å²) in [5, 5.41) is 0.417. The van der Waals surface area contributed by atoms with Crippen LogP contribution in [0.4, 0.5) is 23.5 Å². The molecule has 3 rings (SSSR count). The molecule has 160 valence electrons. The predicted molar refractivity (Wildman–Crippen MR) is 101 cm³/mol. The van der Waals surface area contributed by atoms with Crippen molar-refractivity contribution in [3.8, 4) is 0 Å². The lowest BCUT2D eigenvalue weighted by atomic mass is 10.0. The van der Waals surface area contributed by atoms with Crippen LogP contribution in [-0.2, 0) is 6.18 Å². The summed E-state index contributed by atoms with van der Waals surface area (Å²) in [6.45, 7) is 1.71. The highest BCUT2D eigenvalue weighted by molar-refractivity contribution is 6.34. The summed E-state index contributed by atoms with van der Waals surface area (Å²) in [6, 6.07) is 2.46. The highest BCUT2D eigenvalue weighted by Crippen LogP contribution is 2.37. The van der Waals surface area contributed by atoms with Crippen LogP contribution < -0.4 is 16.6 Å². The average Bonchev–Trinajstić information content (AvgIpc) is 2.69. The number of carbonyl (C=O) groups is 1. The molecule has 1 aliphatic heterocycles. The number of amides is 1. The molecule has 1 aliphatic rings. The molecule has 0 saturated heterocycles. The Kier molecular flexibility index (Phi) is 5.86. The lowest BCUT2D eigenvalue weighted by molar-refractivity contribution is -0.137. The van der Waals surface area contributed by atoms with Crippen LogP contribution in [0, 0.1) is 5.82 Å². The minimum atomic E-state index is -4.69. The van der Waals surface area contributed by atoms with Crippen LogP contribution in [0.25, 0.3) is 0 Å². The van der Waals surface area contributed by atoms with Crippen molar-refractivity contribution in [1.82, 2.24) is 14.9 Å². The molecule has 0 aliphatic carbocycles. The standard InChI is InChI=1S/C18H17ClF4N6O/c1-9-15(24)13(29(25)17-26-7-10(20)8-27-17)5-6-28(9)16(30)11-3-2-4-12(14(11)19)18(21,22)23/h2-4,7-9H,5-6,24-25H2,1H3. The Labute approximate surface area is 173 Å². The van der Waals surface area contributed by atoms with Crippen LogP contribution in [0.1, 0.15) is 29.3 Å². The Morgan fingerprint density at radius 2 is 1.93 bits per heavy atom. The van der Waals surface area contributed by atoms with E-state index in [1.54, 1.807) is 6.92 Å². The fraction of sp³-hybridized carbons (Fsp3) is 0.278. The minimum absolute atomic E-state index is 0.00208. The lowest BCUT2D eigenvalue weighted by Gasteiger charge is -2.37. The van der Waals surface area contributed by atoms with Crippen LogP contribution in [-0.4, -0.2) is 33.4 Å². The Morgan fingerprint density at radius 1 is 1.30 bits per heavy atom. The van der Waals surface area contributed by atoms with E-state index in [1.807, 2.05) is 0 Å². The van der Waals surface area contributed by atoms with E-state index in [4.69, 9.17) is 23.2 Å².